The maximum Gasteiger partial charge on any atom is 0.128 e. The van der Waals surface area contributed by atoms with Crippen LogP contribution >= 0.6 is 0 Å². The van der Waals surface area contributed by atoms with E-state index in [0.29, 0.717) is 6.54 Å². The third kappa shape index (κ3) is 5.15. The lowest BCUT2D eigenvalue weighted by Gasteiger charge is -2.26. The molecule has 1 heterocycles. The van der Waals surface area contributed by atoms with Crippen molar-refractivity contribution >= 4 is 5.82 Å². The van der Waals surface area contributed by atoms with Crippen molar-refractivity contribution in [1.82, 2.24) is 10.3 Å². The molecule has 0 saturated carbocycles. The number of anilines is 1. The minimum atomic E-state index is -0.709. The predicted octanol–water partition coefficient (Wildman–Crippen LogP) is 1.40. The van der Waals surface area contributed by atoms with Gasteiger partial charge < -0.3 is 15.3 Å². The van der Waals surface area contributed by atoms with Gasteiger partial charge in [0, 0.05) is 26.3 Å². The predicted molar refractivity (Wildman–Crippen MR) is 71.2 cm³/mol. The molecular formula is C13H23N3O. The molecule has 0 spiro atoms. The van der Waals surface area contributed by atoms with Gasteiger partial charge in [0.15, 0.2) is 0 Å². The van der Waals surface area contributed by atoms with E-state index in [1.165, 1.54) is 5.56 Å². The molecule has 1 rings (SSSR count). The van der Waals surface area contributed by atoms with Crippen molar-refractivity contribution in [3.05, 3.63) is 23.9 Å². The van der Waals surface area contributed by atoms with E-state index in [0.717, 1.165) is 18.9 Å². The van der Waals surface area contributed by atoms with Gasteiger partial charge in [-0.15, -0.1) is 0 Å². The lowest BCUT2D eigenvalue weighted by atomic mass is 10.1. The molecule has 4 nitrogen and oxygen atoms in total. The molecule has 0 saturated heterocycles. The summed E-state index contributed by atoms with van der Waals surface area (Å²) in [6, 6.07) is 4.05. The van der Waals surface area contributed by atoms with Crippen LogP contribution in [0.5, 0.6) is 0 Å². The first kappa shape index (κ1) is 13.9. The second-order valence-corrected chi connectivity index (χ2v) is 4.97. The van der Waals surface area contributed by atoms with Gasteiger partial charge in [0.2, 0.25) is 0 Å². The summed E-state index contributed by atoms with van der Waals surface area (Å²) in [7, 11) is 1.93. The first-order chi connectivity index (χ1) is 7.92. The van der Waals surface area contributed by atoms with E-state index < -0.39 is 5.60 Å². The lowest BCUT2D eigenvalue weighted by Crippen LogP contribution is -2.36. The molecule has 2 N–H and O–H groups in total. The van der Waals surface area contributed by atoms with E-state index in [1.807, 2.05) is 24.2 Å². The average Bonchev–Trinajstić information content (AvgIpc) is 2.24. The summed E-state index contributed by atoms with van der Waals surface area (Å²) in [6.45, 7) is 8.04. The van der Waals surface area contributed by atoms with Crippen LogP contribution in [-0.4, -0.2) is 35.8 Å². The Labute approximate surface area is 104 Å². The third-order valence-corrected chi connectivity index (χ3v) is 2.40. The number of hydrogen-bond acceptors (Lipinski definition) is 4. The fourth-order valence-corrected chi connectivity index (χ4v) is 1.68. The van der Waals surface area contributed by atoms with Crippen LogP contribution in [0.1, 0.15) is 26.3 Å². The van der Waals surface area contributed by atoms with E-state index in [4.69, 9.17) is 0 Å². The monoisotopic (exact) mass is 237 g/mol. The highest BCUT2D eigenvalue weighted by molar-refractivity contribution is 5.38. The van der Waals surface area contributed by atoms with Crippen molar-refractivity contribution in [2.75, 3.05) is 25.0 Å². The Bertz CT molecular complexity index is 330. The van der Waals surface area contributed by atoms with Gasteiger partial charge in [-0.05, 0) is 32.0 Å². The molecule has 1 aromatic rings. The molecule has 4 heteroatoms. The summed E-state index contributed by atoms with van der Waals surface area (Å²) >= 11 is 0. The van der Waals surface area contributed by atoms with Crippen molar-refractivity contribution in [3.8, 4) is 0 Å². The summed E-state index contributed by atoms with van der Waals surface area (Å²) in [4.78, 5) is 6.35. The molecule has 0 aliphatic rings. The van der Waals surface area contributed by atoms with Crippen LogP contribution in [0.3, 0.4) is 0 Å². The number of likely N-dealkylation sites (N-methyl/N-ethyl adjacent to an activating group) is 1. The average molecular weight is 237 g/mol. The molecule has 0 aliphatic carbocycles. The quantitative estimate of drug-likeness (QED) is 0.785. The number of aromatic nitrogens is 1. The summed E-state index contributed by atoms with van der Waals surface area (Å²) in [5, 5.41) is 13.0. The van der Waals surface area contributed by atoms with Gasteiger partial charge in [-0.25, -0.2) is 4.98 Å². The zero-order valence-electron chi connectivity index (χ0n) is 11.2. The topological polar surface area (TPSA) is 48.4 Å². The number of nitrogens with one attached hydrogen (secondary N) is 1. The van der Waals surface area contributed by atoms with Crippen molar-refractivity contribution in [2.45, 2.75) is 32.9 Å². The van der Waals surface area contributed by atoms with Crippen LogP contribution in [0.2, 0.25) is 0 Å². The molecule has 0 unspecified atom stereocenters. The largest absolute Gasteiger partial charge is 0.389 e. The number of nitrogens with zero attached hydrogens (tertiary/aromatic N) is 2. The second-order valence-electron chi connectivity index (χ2n) is 4.97. The normalized spacial score (nSPS) is 11.6. The van der Waals surface area contributed by atoms with Crippen LogP contribution in [0.4, 0.5) is 5.82 Å². The fraction of sp³-hybridized carbons (Fsp3) is 0.615. The highest BCUT2D eigenvalue weighted by atomic mass is 16.3. The number of rotatable bonds is 6. The Kier molecular flexibility index (Phi) is 4.90. The molecule has 0 radical (unpaired) electrons. The van der Waals surface area contributed by atoms with Gasteiger partial charge in [0.1, 0.15) is 5.82 Å². The van der Waals surface area contributed by atoms with E-state index in [2.05, 4.69) is 23.3 Å². The highest BCUT2D eigenvalue weighted by Crippen LogP contribution is 2.13. The van der Waals surface area contributed by atoms with E-state index >= 15 is 0 Å². The molecule has 0 aliphatic heterocycles. The second kappa shape index (κ2) is 5.98. The van der Waals surface area contributed by atoms with Crippen molar-refractivity contribution in [2.24, 2.45) is 0 Å². The molecular weight excluding hydrogens is 214 g/mol. The number of pyridine rings is 1. The van der Waals surface area contributed by atoms with Gasteiger partial charge in [0.05, 0.1) is 5.60 Å². The Hall–Kier alpha value is -1.13. The summed E-state index contributed by atoms with van der Waals surface area (Å²) in [5.74, 6) is 0.882. The first-order valence-corrected chi connectivity index (χ1v) is 6.01. The Morgan fingerprint density at radius 3 is 2.59 bits per heavy atom. The molecule has 0 bridgehead atoms. The van der Waals surface area contributed by atoms with Gasteiger partial charge in [-0.2, -0.15) is 0 Å². The zero-order chi connectivity index (χ0) is 12.9. The molecule has 0 amide bonds. The van der Waals surface area contributed by atoms with Gasteiger partial charge in [-0.1, -0.05) is 13.0 Å². The fourth-order valence-electron chi connectivity index (χ4n) is 1.68. The maximum absolute atomic E-state index is 9.74. The van der Waals surface area contributed by atoms with Gasteiger partial charge in [-0.3, -0.25) is 0 Å². The van der Waals surface area contributed by atoms with Crippen molar-refractivity contribution in [3.63, 3.8) is 0 Å². The van der Waals surface area contributed by atoms with Crippen molar-refractivity contribution in [1.29, 1.82) is 0 Å². The summed E-state index contributed by atoms with van der Waals surface area (Å²) in [5.41, 5.74) is 0.464. The molecule has 0 atom stereocenters. The minimum absolute atomic E-state index is 0.562. The lowest BCUT2D eigenvalue weighted by molar-refractivity contribution is 0.0884. The third-order valence-electron chi connectivity index (χ3n) is 2.40. The number of aliphatic hydroxyl groups is 1. The van der Waals surface area contributed by atoms with E-state index in [1.54, 1.807) is 13.8 Å². The van der Waals surface area contributed by atoms with Crippen molar-refractivity contribution < 1.29 is 5.11 Å². The van der Waals surface area contributed by atoms with Gasteiger partial charge >= 0.3 is 0 Å². The van der Waals surface area contributed by atoms with Crippen LogP contribution in [0.25, 0.3) is 0 Å². The smallest absolute Gasteiger partial charge is 0.128 e. The zero-order valence-corrected chi connectivity index (χ0v) is 11.2. The van der Waals surface area contributed by atoms with Crippen LogP contribution in [-0.2, 0) is 6.54 Å². The first-order valence-electron chi connectivity index (χ1n) is 6.01. The minimum Gasteiger partial charge on any atom is -0.389 e. The van der Waals surface area contributed by atoms with Crippen LogP contribution in [0.15, 0.2) is 18.3 Å². The summed E-state index contributed by atoms with van der Waals surface area (Å²) in [6.07, 6.45) is 1.87. The standard InChI is InChI=1S/C13H23N3O/c1-5-14-8-11-6-7-12(15-9-11)16(4)10-13(2,3)17/h6-7,9,14,17H,5,8,10H2,1-4H3. The van der Waals surface area contributed by atoms with E-state index in [-0.39, 0.29) is 0 Å². The summed E-state index contributed by atoms with van der Waals surface area (Å²) < 4.78 is 0. The molecule has 0 aromatic carbocycles. The number of hydrogen-bond donors (Lipinski definition) is 2. The Morgan fingerprint density at radius 1 is 1.41 bits per heavy atom. The van der Waals surface area contributed by atoms with Crippen LogP contribution in [0, 0.1) is 0 Å². The SMILES string of the molecule is CCNCc1ccc(N(C)CC(C)(C)O)nc1. The van der Waals surface area contributed by atoms with E-state index in [9.17, 15) is 5.11 Å². The molecule has 1 aromatic heterocycles. The van der Waals surface area contributed by atoms with Crippen LogP contribution < -0.4 is 10.2 Å². The Morgan fingerprint density at radius 2 is 2.12 bits per heavy atom. The molecule has 0 fully saturated rings. The highest BCUT2D eigenvalue weighted by Gasteiger charge is 2.16. The van der Waals surface area contributed by atoms with Gasteiger partial charge in [0.25, 0.3) is 0 Å². The molecule has 17 heavy (non-hydrogen) atoms. The maximum atomic E-state index is 9.74. The molecule has 96 valence electrons. The Balaban J connectivity index is 2.60.